The van der Waals surface area contributed by atoms with Gasteiger partial charge in [-0.2, -0.15) is 0 Å². The quantitative estimate of drug-likeness (QED) is 0.0444. The van der Waals surface area contributed by atoms with Crippen LogP contribution in [0.5, 0.6) is 0 Å². The maximum absolute atomic E-state index is 9.91. The fourth-order valence-corrected chi connectivity index (χ4v) is 5.40. The Morgan fingerprint density at radius 2 is 0.750 bits per heavy atom. The molecule has 2 N–H and O–H groups in total. The minimum Gasteiger partial charge on any atom is -0.377 e. The van der Waals surface area contributed by atoms with Crippen LogP contribution in [0.25, 0.3) is 0 Å². The smallest absolute Gasteiger partial charge is 0.176 e. The molecule has 2 atom stereocenters. The Bertz CT molecular complexity index is 1020. The highest BCUT2D eigenvalue weighted by atomic mass is 16.3. The molecular weight excluding hydrogens is 585 g/mol. The molecule has 0 aromatic rings. The Morgan fingerprint density at radius 1 is 0.417 bits per heavy atom. The highest BCUT2D eigenvalue weighted by Gasteiger charge is 1.95. The predicted molar refractivity (Wildman–Crippen MR) is 211 cm³/mol. The molecule has 0 aliphatic rings. The molecule has 0 spiro atoms. The summed E-state index contributed by atoms with van der Waals surface area (Å²) in [5.74, 6) is 16.6. The van der Waals surface area contributed by atoms with Gasteiger partial charge in [0.2, 0.25) is 0 Å². The Hall–Kier alpha value is -2.88. The van der Waals surface area contributed by atoms with Gasteiger partial charge >= 0.3 is 0 Å². The van der Waals surface area contributed by atoms with Crippen molar-refractivity contribution in [3.8, 4) is 48.4 Å². The van der Waals surface area contributed by atoms with E-state index in [1.165, 1.54) is 109 Å². The molecule has 2 nitrogen and oxygen atoms in total. The molecule has 0 aromatic carbocycles. The maximum Gasteiger partial charge on any atom is 0.176 e. The first-order valence-electron chi connectivity index (χ1n) is 19.6. The van der Waals surface area contributed by atoms with Gasteiger partial charge < -0.3 is 10.2 Å². The summed E-state index contributed by atoms with van der Waals surface area (Å²) in [5.41, 5.74) is 0. The Labute approximate surface area is 298 Å². The van der Waals surface area contributed by atoms with Gasteiger partial charge in [-0.3, -0.25) is 0 Å². The van der Waals surface area contributed by atoms with E-state index in [1.807, 2.05) is 12.2 Å². The van der Waals surface area contributed by atoms with E-state index in [0.29, 0.717) is 0 Å². The molecule has 0 unspecified atom stereocenters. The first-order chi connectivity index (χ1) is 23.7. The summed E-state index contributed by atoms with van der Waals surface area (Å²) in [7, 11) is 0. The summed E-state index contributed by atoms with van der Waals surface area (Å²) < 4.78 is 0. The van der Waals surface area contributed by atoms with Gasteiger partial charge in [0.1, 0.15) is 6.10 Å². The SMILES string of the molecule is C#C/C=C\CCCCCCCCCCCCCC/C=C/CCCC/C=C/CCCCC#C[C@@H](O)C#CCCCCCC/C=C/[C@H](O)C#C. The number of rotatable bonds is 31. The number of terminal acetylenes is 2. The van der Waals surface area contributed by atoms with Crippen molar-refractivity contribution in [1.29, 1.82) is 0 Å². The molecule has 0 amide bonds. The largest absolute Gasteiger partial charge is 0.377 e. The van der Waals surface area contributed by atoms with E-state index in [9.17, 15) is 10.2 Å². The van der Waals surface area contributed by atoms with E-state index >= 15 is 0 Å². The van der Waals surface area contributed by atoms with Crippen molar-refractivity contribution in [2.75, 3.05) is 0 Å². The molecule has 0 aliphatic carbocycles. The van der Waals surface area contributed by atoms with Crippen LogP contribution in [0, 0.1) is 48.4 Å². The highest BCUT2D eigenvalue weighted by Crippen LogP contribution is 2.14. The molecule has 0 bridgehead atoms. The lowest BCUT2D eigenvalue weighted by Crippen LogP contribution is -1.97. The van der Waals surface area contributed by atoms with E-state index in [1.54, 1.807) is 6.08 Å². The second-order valence-corrected chi connectivity index (χ2v) is 12.9. The van der Waals surface area contributed by atoms with Crippen LogP contribution in [0.3, 0.4) is 0 Å². The zero-order valence-corrected chi connectivity index (χ0v) is 30.6. The number of hydrogen-bond donors (Lipinski definition) is 2. The molecule has 0 fully saturated rings. The molecule has 0 radical (unpaired) electrons. The van der Waals surface area contributed by atoms with Crippen LogP contribution in [0.4, 0.5) is 0 Å². The maximum atomic E-state index is 9.91. The zero-order chi connectivity index (χ0) is 34.9. The summed E-state index contributed by atoms with van der Waals surface area (Å²) in [5, 5.41) is 19.2. The van der Waals surface area contributed by atoms with Gasteiger partial charge in [0.05, 0.1) is 0 Å². The van der Waals surface area contributed by atoms with Crippen LogP contribution in [0.15, 0.2) is 48.6 Å². The first-order valence-corrected chi connectivity index (χ1v) is 19.6. The standard InChI is InChI=1S/C46H70O2/c1-3-5-6-7-8-9-10-11-12-13-14-15-16-17-18-19-20-21-22-23-24-25-26-27-28-29-30-34-37-40-43-46(48)44-41-38-35-32-31-33-36-39-42-45(47)4-2/h1-2,5-6,21-22,27-28,39,42,45-48H,7-20,23-26,29-38H2/b6-5-,22-21+,28-27+,42-39+/t45-,46-/m1/s1. The minimum absolute atomic E-state index is 0.768. The minimum atomic E-state index is -0.831. The van der Waals surface area contributed by atoms with Crippen molar-refractivity contribution in [2.24, 2.45) is 0 Å². The summed E-state index contributed by atoms with van der Waals surface area (Å²) in [6.07, 6.45) is 59.9. The van der Waals surface area contributed by atoms with E-state index in [2.05, 4.69) is 65.9 Å². The van der Waals surface area contributed by atoms with E-state index in [0.717, 1.165) is 70.6 Å². The second-order valence-electron chi connectivity index (χ2n) is 12.9. The van der Waals surface area contributed by atoms with Crippen molar-refractivity contribution in [3.63, 3.8) is 0 Å². The van der Waals surface area contributed by atoms with Gasteiger partial charge in [0, 0.05) is 12.8 Å². The summed E-state index contributed by atoms with van der Waals surface area (Å²) >= 11 is 0. The second kappa shape index (κ2) is 40.3. The van der Waals surface area contributed by atoms with E-state index in [4.69, 9.17) is 12.8 Å². The van der Waals surface area contributed by atoms with Crippen LogP contribution in [-0.2, 0) is 0 Å². The Morgan fingerprint density at radius 3 is 1.19 bits per heavy atom. The third-order valence-electron chi connectivity index (χ3n) is 8.34. The number of unbranched alkanes of at least 4 members (excludes halogenated alkanes) is 24. The first kappa shape index (κ1) is 45.1. The van der Waals surface area contributed by atoms with Crippen molar-refractivity contribution >= 4 is 0 Å². The van der Waals surface area contributed by atoms with Crippen LogP contribution in [0.2, 0.25) is 0 Å². The molecule has 2 heteroatoms. The van der Waals surface area contributed by atoms with Crippen LogP contribution in [0.1, 0.15) is 180 Å². The number of aliphatic hydroxyl groups excluding tert-OH is 2. The van der Waals surface area contributed by atoms with E-state index < -0.39 is 12.2 Å². The summed E-state index contributed by atoms with van der Waals surface area (Å²) in [6, 6.07) is 0. The predicted octanol–water partition coefficient (Wildman–Crippen LogP) is 12.1. The average Bonchev–Trinajstić information content (AvgIpc) is 3.09. The highest BCUT2D eigenvalue weighted by molar-refractivity contribution is 5.19. The lowest BCUT2D eigenvalue weighted by molar-refractivity contribution is 0.280. The third-order valence-corrected chi connectivity index (χ3v) is 8.34. The van der Waals surface area contributed by atoms with Gasteiger partial charge in [0.15, 0.2) is 6.10 Å². The zero-order valence-electron chi connectivity index (χ0n) is 30.6. The molecule has 48 heavy (non-hydrogen) atoms. The molecule has 0 aliphatic heterocycles. The third kappa shape index (κ3) is 39.3. The Kier molecular flexibility index (Phi) is 37.9. The van der Waals surface area contributed by atoms with Crippen molar-refractivity contribution in [3.05, 3.63) is 48.6 Å². The molecule has 0 rings (SSSR count). The molecule has 0 saturated carbocycles. The van der Waals surface area contributed by atoms with Crippen LogP contribution in [-0.4, -0.2) is 22.4 Å². The molecule has 266 valence electrons. The lowest BCUT2D eigenvalue weighted by Gasteiger charge is -2.02. The van der Waals surface area contributed by atoms with Gasteiger partial charge in [-0.1, -0.05) is 149 Å². The van der Waals surface area contributed by atoms with Crippen molar-refractivity contribution in [1.82, 2.24) is 0 Å². The molecular formula is C46H70O2. The Balaban J connectivity index is 3.41. The van der Waals surface area contributed by atoms with E-state index in [-0.39, 0.29) is 0 Å². The normalized spacial score (nSPS) is 12.6. The van der Waals surface area contributed by atoms with Gasteiger partial charge in [-0.05, 0) is 102 Å². The monoisotopic (exact) mass is 655 g/mol. The lowest BCUT2D eigenvalue weighted by atomic mass is 10.0. The van der Waals surface area contributed by atoms with Crippen LogP contribution >= 0.6 is 0 Å². The summed E-state index contributed by atoms with van der Waals surface area (Å²) in [6.45, 7) is 0. The van der Waals surface area contributed by atoms with Crippen molar-refractivity contribution in [2.45, 2.75) is 192 Å². The van der Waals surface area contributed by atoms with Crippen LogP contribution < -0.4 is 0 Å². The topological polar surface area (TPSA) is 40.5 Å². The fourth-order valence-electron chi connectivity index (χ4n) is 5.40. The van der Waals surface area contributed by atoms with Gasteiger partial charge in [0.25, 0.3) is 0 Å². The fraction of sp³-hybridized carbons (Fsp3) is 0.652. The average molecular weight is 655 g/mol. The number of hydrogen-bond acceptors (Lipinski definition) is 2. The van der Waals surface area contributed by atoms with Crippen molar-refractivity contribution < 1.29 is 10.2 Å². The molecule has 0 saturated heterocycles. The van der Waals surface area contributed by atoms with Gasteiger partial charge in [-0.15, -0.1) is 12.8 Å². The van der Waals surface area contributed by atoms with Gasteiger partial charge in [-0.25, -0.2) is 0 Å². The molecule has 0 aromatic heterocycles. The summed E-state index contributed by atoms with van der Waals surface area (Å²) in [4.78, 5) is 0. The number of allylic oxidation sites excluding steroid dienone is 7. The number of aliphatic hydroxyl groups is 2. The molecule has 0 heterocycles.